The number of hydrogen-bond donors (Lipinski definition) is 4. The van der Waals surface area contributed by atoms with E-state index >= 15 is 0 Å². The lowest BCUT2D eigenvalue weighted by Crippen LogP contribution is -2.39. The molecule has 0 radical (unpaired) electrons. The van der Waals surface area contributed by atoms with Crippen LogP contribution >= 0.6 is 24.0 Å². The molecule has 0 spiro atoms. The predicted octanol–water partition coefficient (Wildman–Crippen LogP) is 3.24. The van der Waals surface area contributed by atoms with Gasteiger partial charge in [0, 0.05) is 13.1 Å². The van der Waals surface area contributed by atoms with Crippen LogP contribution in [0.2, 0.25) is 0 Å². The van der Waals surface area contributed by atoms with Gasteiger partial charge in [0.1, 0.15) is 28.8 Å². The Morgan fingerprint density at radius 1 is 1.29 bits per heavy atom. The van der Waals surface area contributed by atoms with Crippen LogP contribution in [-0.2, 0) is 12.0 Å². The molecule has 0 saturated carbocycles. The minimum atomic E-state index is -1.20. The summed E-state index contributed by atoms with van der Waals surface area (Å²) in [5.74, 6) is 1.40. The zero-order valence-corrected chi connectivity index (χ0v) is 22.0. The molecule has 0 bridgehead atoms. The molecule has 1 atom stereocenters. The molecule has 0 aliphatic carbocycles. The second kappa shape index (κ2) is 12.4. The third kappa shape index (κ3) is 6.74. The quantitative estimate of drug-likeness (QED) is 0.133. The van der Waals surface area contributed by atoms with Crippen LogP contribution in [0.4, 0.5) is 5.82 Å². The number of furan rings is 1. The maximum absolute atomic E-state index is 10.6. The van der Waals surface area contributed by atoms with Gasteiger partial charge < -0.3 is 25.9 Å². The van der Waals surface area contributed by atoms with Gasteiger partial charge in [-0.3, -0.25) is 0 Å². The fourth-order valence-electron chi connectivity index (χ4n) is 3.36. The van der Waals surface area contributed by atoms with E-state index < -0.39 is 5.60 Å². The summed E-state index contributed by atoms with van der Waals surface area (Å²) < 4.78 is 6.92. The molecule has 182 valence electrons. The van der Waals surface area contributed by atoms with E-state index in [2.05, 4.69) is 26.8 Å². The first-order valence-corrected chi connectivity index (χ1v) is 11.0. The third-order valence-electron chi connectivity index (χ3n) is 5.21. The molecule has 3 rings (SSSR count). The second-order valence-electron chi connectivity index (χ2n) is 8.04. The van der Waals surface area contributed by atoms with Crippen molar-refractivity contribution in [3.8, 4) is 11.8 Å². The Bertz CT molecular complexity index is 1110. The van der Waals surface area contributed by atoms with Crippen LogP contribution in [0.15, 0.2) is 52.1 Å². The summed E-state index contributed by atoms with van der Waals surface area (Å²) in [6.07, 6.45) is 2.83. The summed E-state index contributed by atoms with van der Waals surface area (Å²) in [6, 6.07) is 13.5. The van der Waals surface area contributed by atoms with E-state index in [-0.39, 0.29) is 30.5 Å². The topological polar surface area (TPSA) is 137 Å². The smallest absolute Gasteiger partial charge is 0.191 e. The number of benzene rings is 1. The maximum atomic E-state index is 10.6. The number of guanidine groups is 1. The number of aliphatic imine (C=N–C) groups is 1. The molecular weight excluding hydrogens is 545 g/mol. The molecule has 1 aromatic carbocycles. The largest absolute Gasteiger partial charge is 0.466 e. The number of nitrogens with two attached hydrogens (primary N) is 1. The first-order valence-electron chi connectivity index (χ1n) is 11.0. The van der Waals surface area contributed by atoms with Crippen molar-refractivity contribution in [2.24, 2.45) is 4.99 Å². The molecule has 2 heterocycles. The van der Waals surface area contributed by atoms with Gasteiger partial charge in [-0.15, -0.1) is 24.0 Å². The van der Waals surface area contributed by atoms with Crippen molar-refractivity contribution in [1.29, 1.82) is 5.26 Å². The molecule has 10 heteroatoms. The van der Waals surface area contributed by atoms with Crippen molar-refractivity contribution in [2.45, 2.75) is 39.2 Å². The normalized spacial score (nSPS) is 13.0. The van der Waals surface area contributed by atoms with Gasteiger partial charge in [0.15, 0.2) is 5.96 Å². The fraction of sp³-hybridized carbons (Fsp3) is 0.375. The van der Waals surface area contributed by atoms with Crippen molar-refractivity contribution in [3.05, 3.63) is 65.2 Å². The SMILES string of the molecule is CCNC(=NCC(C)(O)c1ccco1)NCCCc1nn(-c2ccc(C)cc2)c(N)c1C#N.I. The highest BCUT2D eigenvalue weighted by Gasteiger charge is 2.26. The fourth-order valence-corrected chi connectivity index (χ4v) is 3.36. The summed E-state index contributed by atoms with van der Waals surface area (Å²) >= 11 is 0. The molecule has 5 N–H and O–H groups in total. The number of rotatable bonds is 9. The first-order chi connectivity index (χ1) is 15.9. The van der Waals surface area contributed by atoms with Gasteiger partial charge in [-0.2, -0.15) is 10.4 Å². The zero-order chi connectivity index (χ0) is 23.8. The highest BCUT2D eigenvalue weighted by Crippen LogP contribution is 2.22. The molecule has 0 aliphatic heterocycles. The lowest BCUT2D eigenvalue weighted by atomic mass is 10.0. The molecular formula is C24H32IN7O2. The summed E-state index contributed by atoms with van der Waals surface area (Å²) in [5.41, 5.74) is 8.04. The Balaban J connectivity index is 0.00000408. The number of nitrogens with zero attached hydrogens (tertiary/aromatic N) is 4. The van der Waals surface area contributed by atoms with Crippen LogP contribution in [0.5, 0.6) is 0 Å². The Kier molecular flexibility index (Phi) is 9.95. The number of nitrogens with one attached hydrogen (secondary N) is 2. The second-order valence-corrected chi connectivity index (χ2v) is 8.04. The maximum Gasteiger partial charge on any atom is 0.191 e. The average molecular weight is 577 g/mol. The number of nitrogen functional groups attached to an aromatic ring is 1. The Morgan fingerprint density at radius 2 is 2.03 bits per heavy atom. The van der Waals surface area contributed by atoms with Crippen LogP contribution in [0, 0.1) is 18.3 Å². The van der Waals surface area contributed by atoms with Gasteiger partial charge in [0.2, 0.25) is 0 Å². The Labute approximate surface area is 217 Å². The molecule has 3 aromatic rings. The highest BCUT2D eigenvalue weighted by molar-refractivity contribution is 14.0. The Hall–Kier alpha value is -3.04. The number of hydrogen-bond acceptors (Lipinski definition) is 6. The van der Waals surface area contributed by atoms with E-state index in [4.69, 9.17) is 10.2 Å². The van der Waals surface area contributed by atoms with Crippen molar-refractivity contribution < 1.29 is 9.52 Å². The van der Waals surface area contributed by atoms with Gasteiger partial charge >= 0.3 is 0 Å². The molecule has 0 saturated heterocycles. The van der Waals surface area contributed by atoms with Crippen LogP contribution in [0.3, 0.4) is 0 Å². The first kappa shape index (κ1) is 27.2. The van der Waals surface area contributed by atoms with Crippen LogP contribution in [-0.4, -0.2) is 40.5 Å². The molecule has 34 heavy (non-hydrogen) atoms. The van der Waals surface area contributed by atoms with Gasteiger partial charge in [0.25, 0.3) is 0 Å². The Morgan fingerprint density at radius 3 is 2.65 bits per heavy atom. The lowest BCUT2D eigenvalue weighted by molar-refractivity contribution is 0.0437. The zero-order valence-electron chi connectivity index (χ0n) is 19.7. The summed E-state index contributed by atoms with van der Waals surface area (Å²) in [5, 5.41) is 31.2. The van der Waals surface area contributed by atoms with Crippen molar-refractivity contribution in [1.82, 2.24) is 20.4 Å². The highest BCUT2D eigenvalue weighted by atomic mass is 127. The van der Waals surface area contributed by atoms with Crippen LogP contribution in [0.1, 0.15) is 42.8 Å². The van der Waals surface area contributed by atoms with E-state index in [0.717, 1.165) is 17.7 Å². The predicted molar refractivity (Wildman–Crippen MR) is 143 cm³/mol. The molecule has 2 aromatic heterocycles. The number of nitriles is 1. The molecule has 0 fully saturated rings. The standard InChI is InChI=1S/C24H31N7O2.HI/c1-4-27-23(29-16-24(3,32)21-8-6-14-33-21)28-13-5-7-20-19(15-25)22(26)31(30-20)18-11-9-17(2)10-12-18;/h6,8-12,14,32H,4-5,7,13,16,26H2,1-3H3,(H2,27,28,29);1H. The monoisotopic (exact) mass is 577 g/mol. The number of aromatic nitrogens is 2. The number of anilines is 1. The van der Waals surface area contributed by atoms with Crippen molar-refractivity contribution >= 4 is 35.8 Å². The number of halogens is 1. The number of aliphatic hydroxyl groups is 1. The summed E-state index contributed by atoms with van der Waals surface area (Å²) in [6.45, 7) is 7.09. The van der Waals surface area contributed by atoms with Gasteiger partial charge in [0.05, 0.1) is 24.2 Å². The van der Waals surface area contributed by atoms with E-state index in [1.807, 2.05) is 38.1 Å². The summed E-state index contributed by atoms with van der Waals surface area (Å²) in [4.78, 5) is 4.48. The van der Waals surface area contributed by atoms with Crippen LogP contribution in [0.25, 0.3) is 5.69 Å². The third-order valence-corrected chi connectivity index (χ3v) is 5.21. The van der Waals surface area contributed by atoms with Crippen LogP contribution < -0.4 is 16.4 Å². The van der Waals surface area contributed by atoms with E-state index in [1.165, 1.54) is 6.26 Å². The average Bonchev–Trinajstić information content (AvgIpc) is 3.44. The van der Waals surface area contributed by atoms with Gasteiger partial charge in [-0.05, 0) is 57.9 Å². The molecule has 0 aliphatic rings. The van der Waals surface area contributed by atoms with Gasteiger partial charge in [-0.1, -0.05) is 17.7 Å². The summed E-state index contributed by atoms with van der Waals surface area (Å²) in [7, 11) is 0. The van der Waals surface area contributed by atoms with E-state index in [1.54, 1.807) is 23.7 Å². The van der Waals surface area contributed by atoms with Gasteiger partial charge in [-0.25, -0.2) is 9.67 Å². The minimum Gasteiger partial charge on any atom is -0.466 e. The van der Waals surface area contributed by atoms with Crippen molar-refractivity contribution in [2.75, 3.05) is 25.4 Å². The molecule has 1 unspecified atom stereocenters. The lowest BCUT2D eigenvalue weighted by Gasteiger charge is -2.19. The number of aryl methyl sites for hydroxylation is 2. The minimum absolute atomic E-state index is 0. The molecule has 0 amide bonds. The van der Waals surface area contributed by atoms with Crippen molar-refractivity contribution in [3.63, 3.8) is 0 Å². The van der Waals surface area contributed by atoms with E-state index in [9.17, 15) is 10.4 Å². The molecule has 9 nitrogen and oxygen atoms in total. The van der Waals surface area contributed by atoms with E-state index in [0.29, 0.717) is 48.3 Å².